The van der Waals surface area contributed by atoms with E-state index in [9.17, 15) is 4.79 Å². The van der Waals surface area contributed by atoms with E-state index >= 15 is 0 Å². The summed E-state index contributed by atoms with van der Waals surface area (Å²) in [5.74, 6) is 0.451. The molecule has 0 aromatic carbocycles. The number of rotatable bonds is 2. The average molecular weight is 334 g/mol. The van der Waals surface area contributed by atoms with Gasteiger partial charge in [-0.1, -0.05) is 6.08 Å². The van der Waals surface area contributed by atoms with Gasteiger partial charge in [-0.05, 0) is 59.5 Å². The van der Waals surface area contributed by atoms with Crippen LogP contribution in [0.15, 0.2) is 11.5 Å². The fourth-order valence-electron chi connectivity index (χ4n) is 3.57. The van der Waals surface area contributed by atoms with E-state index in [1.165, 1.54) is 5.47 Å². The Hall–Kier alpha value is -0.845. The van der Waals surface area contributed by atoms with Crippen LogP contribution in [0.4, 0.5) is 0 Å². The van der Waals surface area contributed by atoms with Crippen LogP contribution in [0.3, 0.4) is 0 Å². The van der Waals surface area contributed by atoms with Crippen LogP contribution in [0.5, 0.6) is 0 Å². The third kappa shape index (κ3) is 3.42. The summed E-state index contributed by atoms with van der Waals surface area (Å²) in [5, 5.41) is 0. The maximum absolute atomic E-state index is 12.7. The molecular weight excluding hydrogens is 303 g/mol. The number of hydrogen-bond acceptors (Lipinski definition) is 4. The minimum atomic E-state index is -0.301. The standard InChI is InChI=1S/C18H31BN2O3/c1-17(2)18(3,4)24-19(23-17)15-8-6-14(7-9-15)16(22)21-12-10-20(5)11-13-21/h8,14H,6-7,9-13H2,1-5H3. The zero-order valence-corrected chi connectivity index (χ0v) is 15.8. The molecule has 0 N–H and O–H groups in total. The third-order valence-corrected chi connectivity index (χ3v) is 6.17. The summed E-state index contributed by atoms with van der Waals surface area (Å²) in [6.45, 7) is 12.0. The van der Waals surface area contributed by atoms with Crippen molar-refractivity contribution in [3.63, 3.8) is 0 Å². The Kier molecular flexibility index (Phi) is 4.84. The second kappa shape index (κ2) is 6.47. The van der Waals surface area contributed by atoms with Crippen molar-refractivity contribution in [1.82, 2.24) is 9.80 Å². The molecular formula is C18H31BN2O3. The van der Waals surface area contributed by atoms with Crippen molar-refractivity contribution in [2.24, 2.45) is 5.92 Å². The Bertz CT molecular complexity index is 508. The smallest absolute Gasteiger partial charge is 0.400 e. The highest BCUT2D eigenvalue weighted by molar-refractivity contribution is 6.54. The van der Waals surface area contributed by atoms with Crippen LogP contribution in [0.25, 0.3) is 0 Å². The Morgan fingerprint density at radius 3 is 2.21 bits per heavy atom. The number of likely N-dealkylation sites (N-methyl/N-ethyl adjacent to an activating group) is 1. The van der Waals surface area contributed by atoms with Crippen LogP contribution >= 0.6 is 0 Å². The van der Waals surface area contributed by atoms with Crippen LogP contribution in [-0.2, 0) is 14.1 Å². The topological polar surface area (TPSA) is 42.0 Å². The number of piperazine rings is 1. The molecule has 5 nitrogen and oxygen atoms in total. The molecule has 1 aliphatic carbocycles. The first-order valence-electron chi connectivity index (χ1n) is 9.21. The Balaban J connectivity index is 1.58. The van der Waals surface area contributed by atoms with Crippen LogP contribution in [0.2, 0.25) is 0 Å². The molecule has 2 heterocycles. The quantitative estimate of drug-likeness (QED) is 0.726. The van der Waals surface area contributed by atoms with Gasteiger partial charge in [-0.25, -0.2) is 0 Å². The number of nitrogens with zero attached hydrogens (tertiary/aromatic N) is 2. The highest BCUT2D eigenvalue weighted by Gasteiger charge is 2.52. The van der Waals surface area contributed by atoms with Crippen molar-refractivity contribution in [1.29, 1.82) is 0 Å². The van der Waals surface area contributed by atoms with Gasteiger partial charge in [-0.2, -0.15) is 0 Å². The molecule has 3 aliphatic rings. The molecule has 6 heteroatoms. The zero-order valence-electron chi connectivity index (χ0n) is 15.8. The van der Waals surface area contributed by atoms with Crippen molar-refractivity contribution < 1.29 is 14.1 Å². The van der Waals surface area contributed by atoms with Crippen molar-refractivity contribution in [3.8, 4) is 0 Å². The number of hydrogen-bond donors (Lipinski definition) is 0. The molecule has 0 aromatic heterocycles. The number of carbonyl (C=O) groups excluding carboxylic acids is 1. The molecule has 0 spiro atoms. The van der Waals surface area contributed by atoms with Gasteiger partial charge in [0.25, 0.3) is 0 Å². The lowest BCUT2D eigenvalue weighted by Crippen LogP contribution is -2.49. The van der Waals surface area contributed by atoms with Crippen molar-refractivity contribution in [3.05, 3.63) is 11.5 Å². The minimum absolute atomic E-state index is 0.125. The second-order valence-electron chi connectivity index (χ2n) is 8.47. The number of allylic oxidation sites excluding steroid dienone is 2. The fraction of sp³-hybridized carbons (Fsp3) is 0.833. The Labute approximate surface area is 146 Å². The summed E-state index contributed by atoms with van der Waals surface area (Å²) < 4.78 is 12.3. The SMILES string of the molecule is CN1CCN(C(=O)C2CC=C(B3OC(C)(C)C(C)(C)O3)CC2)CC1. The van der Waals surface area contributed by atoms with E-state index in [1.54, 1.807) is 0 Å². The van der Waals surface area contributed by atoms with E-state index < -0.39 is 0 Å². The highest BCUT2D eigenvalue weighted by Crippen LogP contribution is 2.40. The molecule has 0 saturated carbocycles. The van der Waals surface area contributed by atoms with Gasteiger partial charge in [0, 0.05) is 32.1 Å². The summed E-state index contributed by atoms with van der Waals surface area (Å²) in [7, 11) is 1.86. The predicted octanol–water partition coefficient (Wildman–Crippen LogP) is 2.12. The monoisotopic (exact) mass is 334 g/mol. The van der Waals surface area contributed by atoms with Gasteiger partial charge in [-0.15, -0.1) is 0 Å². The lowest BCUT2D eigenvalue weighted by atomic mass is 9.70. The van der Waals surface area contributed by atoms with E-state index in [4.69, 9.17) is 9.31 Å². The number of amides is 1. The van der Waals surface area contributed by atoms with Gasteiger partial charge in [0.15, 0.2) is 0 Å². The zero-order chi connectivity index (χ0) is 17.5. The van der Waals surface area contributed by atoms with Crippen LogP contribution in [0.1, 0.15) is 47.0 Å². The molecule has 2 saturated heterocycles. The van der Waals surface area contributed by atoms with E-state index in [1.807, 2.05) is 4.90 Å². The van der Waals surface area contributed by atoms with Crippen LogP contribution in [0, 0.1) is 5.92 Å². The summed E-state index contributed by atoms with van der Waals surface area (Å²) >= 11 is 0. The number of carbonyl (C=O) groups is 1. The maximum Gasteiger partial charge on any atom is 0.490 e. The lowest BCUT2D eigenvalue weighted by Gasteiger charge is -2.35. The Morgan fingerprint density at radius 1 is 1.12 bits per heavy atom. The molecule has 2 aliphatic heterocycles. The van der Waals surface area contributed by atoms with Gasteiger partial charge >= 0.3 is 7.12 Å². The lowest BCUT2D eigenvalue weighted by molar-refractivity contribution is -0.137. The first kappa shape index (κ1) is 18.0. The van der Waals surface area contributed by atoms with E-state index in [0.717, 1.165) is 45.4 Å². The van der Waals surface area contributed by atoms with Gasteiger partial charge < -0.3 is 19.1 Å². The second-order valence-corrected chi connectivity index (χ2v) is 8.47. The first-order valence-corrected chi connectivity index (χ1v) is 9.21. The summed E-state index contributed by atoms with van der Waals surface area (Å²) in [6, 6.07) is 0. The van der Waals surface area contributed by atoms with Gasteiger partial charge in [0.2, 0.25) is 5.91 Å². The summed E-state index contributed by atoms with van der Waals surface area (Å²) in [5.41, 5.74) is 0.604. The average Bonchev–Trinajstić information content (AvgIpc) is 2.76. The molecule has 1 amide bonds. The maximum atomic E-state index is 12.7. The third-order valence-electron chi connectivity index (χ3n) is 6.17. The summed E-state index contributed by atoms with van der Waals surface area (Å²) in [6.07, 6.45) is 4.79. The molecule has 0 aromatic rings. The van der Waals surface area contributed by atoms with Gasteiger partial charge in [-0.3, -0.25) is 4.79 Å². The van der Waals surface area contributed by atoms with Crippen LogP contribution in [-0.4, -0.2) is 67.3 Å². The molecule has 1 atom stereocenters. The largest absolute Gasteiger partial charge is 0.490 e. The molecule has 1 unspecified atom stereocenters. The highest BCUT2D eigenvalue weighted by atomic mass is 16.7. The first-order chi connectivity index (χ1) is 11.2. The predicted molar refractivity (Wildman–Crippen MR) is 95.6 cm³/mol. The molecule has 3 rings (SSSR count). The molecule has 134 valence electrons. The van der Waals surface area contributed by atoms with Crippen molar-refractivity contribution >= 4 is 13.0 Å². The Morgan fingerprint density at radius 2 is 1.71 bits per heavy atom. The molecule has 24 heavy (non-hydrogen) atoms. The normalized spacial score (nSPS) is 30.4. The molecule has 0 radical (unpaired) electrons. The van der Waals surface area contributed by atoms with Crippen molar-refractivity contribution in [2.75, 3.05) is 33.2 Å². The van der Waals surface area contributed by atoms with Crippen molar-refractivity contribution in [2.45, 2.75) is 58.2 Å². The van der Waals surface area contributed by atoms with Crippen LogP contribution < -0.4 is 0 Å². The van der Waals surface area contributed by atoms with E-state index in [0.29, 0.717) is 5.91 Å². The van der Waals surface area contributed by atoms with E-state index in [2.05, 4.69) is 45.7 Å². The fourth-order valence-corrected chi connectivity index (χ4v) is 3.57. The molecule has 2 fully saturated rings. The summed E-state index contributed by atoms with van der Waals surface area (Å²) in [4.78, 5) is 17.0. The van der Waals surface area contributed by atoms with Gasteiger partial charge in [0.05, 0.1) is 11.2 Å². The minimum Gasteiger partial charge on any atom is -0.400 e. The molecule has 0 bridgehead atoms. The van der Waals surface area contributed by atoms with E-state index in [-0.39, 0.29) is 24.2 Å². The van der Waals surface area contributed by atoms with Gasteiger partial charge in [0.1, 0.15) is 0 Å².